The molecule has 1 atom stereocenters. The smallest absolute Gasteiger partial charge is 0.246 e. The van der Waals surface area contributed by atoms with E-state index in [-0.39, 0.29) is 24.3 Å². The molecule has 0 unspecified atom stereocenters. The van der Waals surface area contributed by atoms with Crippen LogP contribution < -0.4 is 5.32 Å². The van der Waals surface area contributed by atoms with Gasteiger partial charge in [-0.3, -0.25) is 9.59 Å². The van der Waals surface area contributed by atoms with Crippen molar-refractivity contribution in [1.82, 2.24) is 20.4 Å². The highest BCUT2D eigenvalue weighted by Gasteiger charge is 2.41. The molecule has 2 aliphatic carbocycles. The van der Waals surface area contributed by atoms with Crippen LogP contribution in [0.15, 0.2) is 4.52 Å². The molecule has 7 heteroatoms. The number of aromatic nitrogens is 2. The fourth-order valence-corrected chi connectivity index (χ4v) is 3.82. The monoisotopic (exact) mass is 332 g/mol. The molecule has 0 aromatic carbocycles. The van der Waals surface area contributed by atoms with E-state index in [0.717, 1.165) is 31.5 Å². The van der Waals surface area contributed by atoms with E-state index in [4.69, 9.17) is 4.52 Å². The third-order valence-corrected chi connectivity index (χ3v) is 5.38. The molecule has 1 aromatic heterocycles. The summed E-state index contributed by atoms with van der Waals surface area (Å²) in [4.78, 5) is 30.5. The Balaban J connectivity index is 1.28. The van der Waals surface area contributed by atoms with Crippen LogP contribution in [0.5, 0.6) is 0 Å². The average Bonchev–Trinajstić information content (AvgIpc) is 3.20. The van der Waals surface area contributed by atoms with E-state index < -0.39 is 0 Å². The normalized spacial score (nSPS) is 25.2. The molecule has 2 amide bonds. The van der Waals surface area contributed by atoms with Crippen molar-refractivity contribution in [2.45, 2.75) is 69.9 Å². The fourth-order valence-electron chi connectivity index (χ4n) is 3.82. The zero-order valence-electron chi connectivity index (χ0n) is 13.9. The lowest BCUT2D eigenvalue weighted by Crippen LogP contribution is -2.33. The molecule has 3 fully saturated rings. The lowest BCUT2D eigenvalue weighted by molar-refractivity contribution is -0.129. The summed E-state index contributed by atoms with van der Waals surface area (Å²) in [5.41, 5.74) is 0. The third-order valence-electron chi connectivity index (χ3n) is 5.38. The minimum absolute atomic E-state index is 0.0936. The van der Waals surface area contributed by atoms with Gasteiger partial charge < -0.3 is 14.7 Å². The summed E-state index contributed by atoms with van der Waals surface area (Å²) in [6, 6.07) is 0.379. The van der Waals surface area contributed by atoms with Crippen molar-refractivity contribution in [3.63, 3.8) is 0 Å². The molecule has 3 aliphatic rings. The number of carbonyl (C=O) groups is 2. The van der Waals surface area contributed by atoms with Crippen LogP contribution in [0, 0.1) is 5.92 Å². The Kier molecular flexibility index (Phi) is 4.24. The standard InChI is InChI=1S/C17H24N4O3/c22-15-8-12(10-21(15)13-6-7-13)17(23)18-9-14-19-16(20-24-14)11-4-2-1-3-5-11/h11-13H,1-10H2,(H,18,23)/t12-/m0/s1. The first-order chi connectivity index (χ1) is 11.7. The first-order valence-corrected chi connectivity index (χ1v) is 9.10. The second kappa shape index (κ2) is 6.53. The number of amides is 2. The highest BCUT2D eigenvalue weighted by molar-refractivity contribution is 5.89. The van der Waals surface area contributed by atoms with Gasteiger partial charge in [-0.25, -0.2) is 0 Å². The van der Waals surface area contributed by atoms with Gasteiger partial charge in [-0.2, -0.15) is 4.98 Å². The molecule has 1 saturated heterocycles. The summed E-state index contributed by atoms with van der Waals surface area (Å²) in [5, 5.41) is 6.91. The number of carbonyl (C=O) groups excluding carboxylic acids is 2. The predicted molar refractivity (Wildman–Crippen MR) is 84.8 cm³/mol. The lowest BCUT2D eigenvalue weighted by Gasteiger charge is -2.17. The van der Waals surface area contributed by atoms with Crippen LogP contribution in [0.25, 0.3) is 0 Å². The third kappa shape index (κ3) is 3.30. The van der Waals surface area contributed by atoms with Gasteiger partial charge in [0.05, 0.1) is 12.5 Å². The van der Waals surface area contributed by atoms with Gasteiger partial charge in [-0.15, -0.1) is 0 Å². The molecule has 0 bridgehead atoms. The maximum Gasteiger partial charge on any atom is 0.246 e. The zero-order valence-corrected chi connectivity index (χ0v) is 13.9. The second-order valence-corrected chi connectivity index (χ2v) is 7.28. The van der Waals surface area contributed by atoms with Crippen molar-refractivity contribution in [2.24, 2.45) is 5.92 Å². The Morgan fingerprint density at radius 2 is 2.00 bits per heavy atom. The number of nitrogens with one attached hydrogen (secondary N) is 1. The topological polar surface area (TPSA) is 88.3 Å². The van der Waals surface area contributed by atoms with Crippen molar-refractivity contribution < 1.29 is 14.1 Å². The number of likely N-dealkylation sites (tertiary alicyclic amines) is 1. The predicted octanol–water partition coefficient (Wildman–Crippen LogP) is 1.74. The van der Waals surface area contributed by atoms with E-state index >= 15 is 0 Å². The van der Waals surface area contributed by atoms with Gasteiger partial charge in [0.1, 0.15) is 0 Å². The van der Waals surface area contributed by atoms with Gasteiger partial charge >= 0.3 is 0 Å². The molecule has 7 nitrogen and oxygen atoms in total. The van der Waals surface area contributed by atoms with Crippen LogP contribution in [0.3, 0.4) is 0 Å². The van der Waals surface area contributed by atoms with E-state index in [2.05, 4.69) is 15.5 Å². The molecular weight excluding hydrogens is 308 g/mol. The molecule has 2 saturated carbocycles. The van der Waals surface area contributed by atoms with Crippen molar-refractivity contribution in [3.05, 3.63) is 11.7 Å². The van der Waals surface area contributed by atoms with Crippen LogP contribution in [0.4, 0.5) is 0 Å². The molecule has 24 heavy (non-hydrogen) atoms. The summed E-state index contributed by atoms with van der Waals surface area (Å²) in [7, 11) is 0. The Morgan fingerprint density at radius 3 is 2.75 bits per heavy atom. The van der Waals surface area contributed by atoms with E-state index in [1.54, 1.807) is 0 Å². The van der Waals surface area contributed by atoms with Crippen LogP contribution in [0.2, 0.25) is 0 Å². The van der Waals surface area contributed by atoms with Gasteiger partial charge in [-0.1, -0.05) is 24.4 Å². The van der Waals surface area contributed by atoms with Gasteiger partial charge in [0, 0.05) is 24.9 Å². The molecule has 1 aliphatic heterocycles. The van der Waals surface area contributed by atoms with E-state index in [1.165, 1.54) is 19.3 Å². The fraction of sp³-hybridized carbons (Fsp3) is 0.765. The van der Waals surface area contributed by atoms with Gasteiger partial charge in [0.15, 0.2) is 5.82 Å². The number of hydrogen-bond donors (Lipinski definition) is 1. The minimum Gasteiger partial charge on any atom is -0.347 e. The van der Waals surface area contributed by atoms with Crippen molar-refractivity contribution in [2.75, 3.05) is 6.54 Å². The lowest BCUT2D eigenvalue weighted by atomic mass is 9.89. The minimum atomic E-state index is -0.251. The quantitative estimate of drug-likeness (QED) is 0.887. The first-order valence-electron chi connectivity index (χ1n) is 9.10. The van der Waals surface area contributed by atoms with Gasteiger partial charge in [0.2, 0.25) is 17.7 Å². The molecule has 0 spiro atoms. The van der Waals surface area contributed by atoms with E-state index in [1.807, 2.05) is 4.90 Å². The highest BCUT2D eigenvalue weighted by atomic mass is 16.5. The number of hydrogen-bond acceptors (Lipinski definition) is 5. The summed E-state index contributed by atoms with van der Waals surface area (Å²) >= 11 is 0. The molecule has 1 aromatic rings. The molecule has 0 radical (unpaired) electrons. The maximum absolute atomic E-state index is 12.3. The first kappa shape index (κ1) is 15.6. The average molecular weight is 332 g/mol. The van der Waals surface area contributed by atoms with Crippen LogP contribution in [0.1, 0.15) is 69.0 Å². The molecule has 2 heterocycles. The summed E-state index contributed by atoms with van der Waals surface area (Å²) < 4.78 is 5.27. The molecule has 1 N–H and O–H groups in total. The summed E-state index contributed by atoms with van der Waals surface area (Å²) in [5.74, 6) is 1.38. The van der Waals surface area contributed by atoms with Gasteiger partial charge in [-0.05, 0) is 25.7 Å². The Morgan fingerprint density at radius 1 is 1.21 bits per heavy atom. The van der Waals surface area contributed by atoms with Crippen LogP contribution in [-0.2, 0) is 16.1 Å². The zero-order chi connectivity index (χ0) is 16.5. The Bertz CT molecular complexity index is 619. The van der Waals surface area contributed by atoms with Crippen molar-refractivity contribution in [3.8, 4) is 0 Å². The Labute approximate surface area is 141 Å². The van der Waals surface area contributed by atoms with Crippen molar-refractivity contribution in [1.29, 1.82) is 0 Å². The van der Waals surface area contributed by atoms with Crippen LogP contribution in [-0.4, -0.2) is 39.4 Å². The van der Waals surface area contributed by atoms with Crippen molar-refractivity contribution >= 4 is 11.8 Å². The van der Waals surface area contributed by atoms with Crippen LogP contribution >= 0.6 is 0 Å². The summed E-state index contributed by atoms with van der Waals surface area (Å²) in [6.45, 7) is 0.791. The maximum atomic E-state index is 12.3. The van der Waals surface area contributed by atoms with E-state index in [0.29, 0.717) is 30.8 Å². The largest absolute Gasteiger partial charge is 0.347 e. The van der Waals surface area contributed by atoms with E-state index in [9.17, 15) is 9.59 Å². The van der Waals surface area contributed by atoms with Gasteiger partial charge in [0.25, 0.3) is 0 Å². The summed E-state index contributed by atoms with van der Waals surface area (Å²) in [6.07, 6.45) is 8.43. The molecular formula is C17H24N4O3. The molecule has 4 rings (SSSR count). The SMILES string of the molecule is O=C(NCc1nc(C2CCCCC2)no1)[C@H]1CC(=O)N(C2CC2)C1. The number of nitrogens with zero attached hydrogens (tertiary/aromatic N) is 3. The molecule has 130 valence electrons. The number of rotatable bonds is 5. The second-order valence-electron chi connectivity index (χ2n) is 7.28. The Hall–Kier alpha value is -1.92. The highest BCUT2D eigenvalue weighted by Crippen LogP contribution is 2.33.